The second kappa shape index (κ2) is 5.68. The zero-order valence-electron chi connectivity index (χ0n) is 12.3. The van der Waals surface area contributed by atoms with Crippen LogP contribution >= 0.6 is 0 Å². The van der Waals surface area contributed by atoms with Gasteiger partial charge in [-0.2, -0.15) is 0 Å². The van der Waals surface area contributed by atoms with E-state index >= 15 is 0 Å². The molecule has 17 heavy (non-hydrogen) atoms. The van der Waals surface area contributed by atoms with Gasteiger partial charge in [0.15, 0.2) is 0 Å². The second-order valence-electron chi connectivity index (χ2n) is 7.21. The minimum atomic E-state index is -0.000862. The van der Waals surface area contributed by atoms with Gasteiger partial charge in [-0.15, -0.1) is 0 Å². The normalized spacial score (nSPS) is 23.6. The van der Waals surface area contributed by atoms with E-state index in [9.17, 15) is 0 Å². The Hall–Kier alpha value is -0.120. The smallest absolute Gasteiger partial charge is 0.0753 e. The first-order valence-electron chi connectivity index (χ1n) is 6.78. The van der Waals surface area contributed by atoms with E-state index in [1.54, 1.807) is 0 Å². The van der Waals surface area contributed by atoms with Crippen molar-refractivity contribution in [3.63, 3.8) is 0 Å². The van der Waals surface area contributed by atoms with Crippen molar-refractivity contribution in [1.82, 2.24) is 4.90 Å². The SMILES string of the molecule is CC(C)(C)CC(CN)CN1CCOC(C)(C)C1. The average Bonchev–Trinajstić information content (AvgIpc) is 2.13. The Labute approximate surface area is 107 Å². The predicted molar refractivity (Wildman–Crippen MR) is 73.1 cm³/mol. The van der Waals surface area contributed by atoms with Crippen LogP contribution in [-0.2, 0) is 4.74 Å². The summed E-state index contributed by atoms with van der Waals surface area (Å²) in [6.07, 6.45) is 1.20. The molecule has 3 nitrogen and oxygen atoms in total. The molecule has 0 radical (unpaired) electrons. The Bertz CT molecular complexity index is 231. The van der Waals surface area contributed by atoms with E-state index in [2.05, 4.69) is 39.5 Å². The number of rotatable bonds is 4. The van der Waals surface area contributed by atoms with Crippen molar-refractivity contribution >= 4 is 0 Å². The first-order chi connectivity index (χ1) is 7.72. The summed E-state index contributed by atoms with van der Waals surface area (Å²) in [6, 6.07) is 0. The van der Waals surface area contributed by atoms with E-state index in [1.807, 2.05) is 0 Å². The molecule has 3 heteroatoms. The minimum absolute atomic E-state index is 0.000862. The first kappa shape index (κ1) is 14.9. The molecule has 102 valence electrons. The molecule has 0 aromatic heterocycles. The minimum Gasteiger partial charge on any atom is -0.373 e. The fourth-order valence-corrected chi connectivity index (χ4v) is 2.72. The first-order valence-corrected chi connectivity index (χ1v) is 6.78. The Kier molecular flexibility index (Phi) is 4.99. The quantitative estimate of drug-likeness (QED) is 0.820. The van der Waals surface area contributed by atoms with Crippen LogP contribution in [0.2, 0.25) is 0 Å². The third-order valence-electron chi connectivity index (χ3n) is 3.26. The summed E-state index contributed by atoms with van der Waals surface area (Å²) in [6.45, 7) is 16.0. The van der Waals surface area contributed by atoms with E-state index in [0.717, 1.165) is 32.8 Å². The highest BCUT2D eigenvalue weighted by molar-refractivity contribution is 4.81. The van der Waals surface area contributed by atoms with Gasteiger partial charge in [0.25, 0.3) is 0 Å². The number of hydrogen-bond donors (Lipinski definition) is 1. The van der Waals surface area contributed by atoms with Gasteiger partial charge in [0.1, 0.15) is 0 Å². The molecule has 0 aliphatic carbocycles. The van der Waals surface area contributed by atoms with Crippen molar-refractivity contribution in [2.45, 2.75) is 46.6 Å². The monoisotopic (exact) mass is 242 g/mol. The Balaban J connectivity index is 2.45. The van der Waals surface area contributed by atoms with E-state index in [1.165, 1.54) is 6.42 Å². The molecule has 1 aliphatic heterocycles. The summed E-state index contributed by atoms with van der Waals surface area (Å²) in [5, 5.41) is 0. The lowest BCUT2D eigenvalue weighted by atomic mass is 9.84. The second-order valence-corrected chi connectivity index (χ2v) is 7.21. The average molecular weight is 242 g/mol. The topological polar surface area (TPSA) is 38.5 Å². The third kappa shape index (κ3) is 5.84. The molecule has 0 bridgehead atoms. The zero-order valence-corrected chi connectivity index (χ0v) is 12.3. The number of morpholine rings is 1. The van der Waals surface area contributed by atoms with Crippen molar-refractivity contribution in [1.29, 1.82) is 0 Å². The van der Waals surface area contributed by atoms with Crippen LogP contribution in [0.1, 0.15) is 41.0 Å². The summed E-state index contributed by atoms with van der Waals surface area (Å²) >= 11 is 0. The summed E-state index contributed by atoms with van der Waals surface area (Å²) in [5.74, 6) is 0.601. The van der Waals surface area contributed by atoms with E-state index < -0.39 is 0 Å². The molecular formula is C14H30N2O. The molecule has 1 rings (SSSR count). The van der Waals surface area contributed by atoms with Crippen LogP contribution in [0.5, 0.6) is 0 Å². The Morgan fingerprint density at radius 1 is 1.35 bits per heavy atom. The molecule has 0 spiro atoms. The Morgan fingerprint density at radius 3 is 2.47 bits per heavy atom. The number of nitrogens with zero attached hydrogens (tertiary/aromatic N) is 1. The molecule has 2 N–H and O–H groups in total. The molecule has 1 aliphatic rings. The van der Waals surface area contributed by atoms with Gasteiger partial charge in [0.2, 0.25) is 0 Å². The number of nitrogens with two attached hydrogens (primary N) is 1. The number of ether oxygens (including phenoxy) is 1. The highest BCUT2D eigenvalue weighted by Crippen LogP contribution is 2.25. The fraction of sp³-hybridized carbons (Fsp3) is 1.00. The van der Waals surface area contributed by atoms with Crippen molar-refractivity contribution < 1.29 is 4.74 Å². The molecule has 1 unspecified atom stereocenters. The predicted octanol–water partition coefficient (Wildman–Crippen LogP) is 2.11. The van der Waals surface area contributed by atoms with Crippen LogP contribution < -0.4 is 5.73 Å². The maximum absolute atomic E-state index is 5.91. The zero-order chi connectivity index (χ0) is 13.1. The molecule has 1 fully saturated rings. The van der Waals surface area contributed by atoms with Crippen molar-refractivity contribution in [2.75, 3.05) is 32.8 Å². The van der Waals surface area contributed by atoms with Crippen molar-refractivity contribution in [2.24, 2.45) is 17.1 Å². The van der Waals surface area contributed by atoms with Crippen LogP contribution in [0.15, 0.2) is 0 Å². The molecule has 0 amide bonds. The molecular weight excluding hydrogens is 212 g/mol. The molecule has 0 aromatic carbocycles. The van der Waals surface area contributed by atoms with Gasteiger partial charge in [0, 0.05) is 19.6 Å². The number of hydrogen-bond acceptors (Lipinski definition) is 3. The molecule has 1 heterocycles. The van der Waals surface area contributed by atoms with Gasteiger partial charge in [-0.25, -0.2) is 0 Å². The third-order valence-corrected chi connectivity index (χ3v) is 3.26. The lowest BCUT2D eigenvalue weighted by Gasteiger charge is -2.40. The molecule has 1 atom stereocenters. The molecule has 0 aromatic rings. The largest absolute Gasteiger partial charge is 0.373 e. The highest BCUT2D eigenvalue weighted by atomic mass is 16.5. The van der Waals surface area contributed by atoms with Gasteiger partial charge in [-0.3, -0.25) is 4.90 Å². The van der Waals surface area contributed by atoms with Gasteiger partial charge in [-0.1, -0.05) is 20.8 Å². The van der Waals surface area contributed by atoms with Gasteiger partial charge in [-0.05, 0) is 38.1 Å². The van der Waals surface area contributed by atoms with Crippen molar-refractivity contribution in [3.8, 4) is 0 Å². The van der Waals surface area contributed by atoms with E-state index in [0.29, 0.717) is 11.3 Å². The Morgan fingerprint density at radius 2 is 2.00 bits per heavy atom. The van der Waals surface area contributed by atoms with Crippen molar-refractivity contribution in [3.05, 3.63) is 0 Å². The van der Waals surface area contributed by atoms with Gasteiger partial charge < -0.3 is 10.5 Å². The summed E-state index contributed by atoms with van der Waals surface area (Å²) < 4.78 is 5.74. The van der Waals surface area contributed by atoms with E-state index in [-0.39, 0.29) is 5.60 Å². The van der Waals surface area contributed by atoms with Crippen LogP contribution in [0.3, 0.4) is 0 Å². The maximum atomic E-state index is 5.91. The molecule has 0 saturated carbocycles. The van der Waals surface area contributed by atoms with Gasteiger partial charge >= 0.3 is 0 Å². The lowest BCUT2D eigenvalue weighted by molar-refractivity contribution is -0.0895. The van der Waals surface area contributed by atoms with Crippen LogP contribution in [0.25, 0.3) is 0 Å². The van der Waals surface area contributed by atoms with Crippen LogP contribution in [0.4, 0.5) is 0 Å². The highest BCUT2D eigenvalue weighted by Gasteiger charge is 2.29. The maximum Gasteiger partial charge on any atom is 0.0753 e. The summed E-state index contributed by atoms with van der Waals surface area (Å²) in [4.78, 5) is 2.51. The summed E-state index contributed by atoms with van der Waals surface area (Å²) in [5.41, 5.74) is 6.27. The van der Waals surface area contributed by atoms with Crippen LogP contribution in [0, 0.1) is 11.3 Å². The van der Waals surface area contributed by atoms with Gasteiger partial charge in [0.05, 0.1) is 12.2 Å². The summed E-state index contributed by atoms with van der Waals surface area (Å²) in [7, 11) is 0. The molecule has 1 saturated heterocycles. The van der Waals surface area contributed by atoms with E-state index in [4.69, 9.17) is 10.5 Å². The standard InChI is InChI=1S/C14H30N2O/c1-13(2,3)8-12(9-15)10-16-6-7-17-14(4,5)11-16/h12H,6-11,15H2,1-5H3. The fourth-order valence-electron chi connectivity index (χ4n) is 2.72. The lowest BCUT2D eigenvalue weighted by Crippen LogP contribution is -2.50. The van der Waals surface area contributed by atoms with Crippen LogP contribution in [-0.4, -0.2) is 43.3 Å².